The highest BCUT2D eigenvalue weighted by atomic mass is 19.1. The second kappa shape index (κ2) is 17.5. The number of methoxy groups -OCH3 is 1. The standard InChI is InChI=1S/C35H61FN6O9/c1-12-25-35(8)27(42(32(46)51-35)16-14-13-15-39-40-37)23(5)38-19-20(2)18-33(6,47-11)29(22(4)28(44)34(7,36)31(45)49-25)50-30-26(43)24(41(9)10)17-21(3)48-30/h20-27,29-30,38,43H,12-19H2,1-11H3/t20-,21-,22+,23-,24?,25-,26-,27-,29-,30+,33-,34+,35-/m1/s1. The Kier molecular flexibility index (Phi) is 14.7. The van der Waals surface area contributed by atoms with Crippen LogP contribution in [0.2, 0.25) is 0 Å². The van der Waals surface area contributed by atoms with Crippen molar-refractivity contribution in [3.05, 3.63) is 10.4 Å². The fraction of sp³-hybridized carbons (Fsp3) is 0.914. The summed E-state index contributed by atoms with van der Waals surface area (Å²) in [6.07, 6.45) is -3.32. The maximum Gasteiger partial charge on any atom is 0.410 e. The summed E-state index contributed by atoms with van der Waals surface area (Å²) in [5.41, 5.74) is 2.89. The number of ketones is 1. The molecule has 0 aromatic carbocycles. The van der Waals surface area contributed by atoms with Gasteiger partial charge >= 0.3 is 12.1 Å². The third-order valence-electron chi connectivity index (χ3n) is 11.0. The van der Waals surface area contributed by atoms with Crippen molar-refractivity contribution in [2.24, 2.45) is 17.0 Å². The summed E-state index contributed by atoms with van der Waals surface area (Å²) in [6.45, 7) is 14.3. The van der Waals surface area contributed by atoms with Gasteiger partial charge in [0.1, 0.15) is 12.2 Å². The highest BCUT2D eigenvalue weighted by Gasteiger charge is 2.60. The van der Waals surface area contributed by atoms with Crippen LogP contribution in [-0.2, 0) is 33.3 Å². The summed E-state index contributed by atoms with van der Waals surface area (Å²) < 4.78 is 47.2. The zero-order chi connectivity index (χ0) is 38.5. The molecule has 16 heteroatoms. The van der Waals surface area contributed by atoms with Crippen molar-refractivity contribution in [3.63, 3.8) is 0 Å². The normalized spacial score (nSPS) is 41.6. The number of rotatable bonds is 10. The molecule has 0 spiro atoms. The average molecular weight is 729 g/mol. The first-order chi connectivity index (χ1) is 23.8. The fourth-order valence-electron chi connectivity index (χ4n) is 8.17. The number of unbranched alkanes of at least 4 members (excludes halogenated alkanes) is 1. The molecule has 3 aliphatic rings. The van der Waals surface area contributed by atoms with Crippen LogP contribution in [0.15, 0.2) is 5.11 Å². The van der Waals surface area contributed by atoms with Crippen LogP contribution in [0.1, 0.15) is 87.5 Å². The second-order valence-electron chi connectivity index (χ2n) is 15.5. The van der Waals surface area contributed by atoms with E-state index in [4.69, 9.17) is 29.2 Å². The van der Waals surface area contributed by atoms with Crippen LogP contribution in [0.4, 0.5) is 9.18 Å². The summed E-state index contributed by atoms with van der Waals surface area (Å²) >= 11 is 0. The topological polar surface area (TPSA) is 185 Å². The molecule has 0 aromatic heterocycles. The fourth-order valence-corrected chi connectivity index (χ4v) is 8.17. The van der Waals surface area contributed by atoms with Gasteiger partial charge in [-0.2, -0.15) is 0 Å². The van der Waals surface area contributed by atoms with Gasteiger partial charge in [0.15, 0.2) is 17.7 Å². The van der Waals surface area contributed by atoms with E-state index < -0.39 is 77.3 Å². The maximum atomic E-state index is 16.8. The van der Waals surface area contributed by atoms with Crippen LogP contribution in [0, 0.1) is 11.8 Å². The Bertz CT molecular complexity index is 1270. The van der Waals surface area contributed by atoms with Gasteiger partial charge in [-0.25, -0.2) is 14.0 Å². The number of ether oxygens (including phenoxy) is 5. The molecule has 3 saturated heterocycles. The molecule has 3 aliphatic heterocycles. The molecule has 0 saturated carbocycles. The number of fused-ring (bicyclic) bond motifs is 1. The molecule has 0 aliphatic carbocycles. The minimum Gasteiger partial charge on any atom is -0.455 e. The molecular weight excluding hydrogens is 667 g/mol. The lowest BCUT2D eigenvalue weighted by Gasteiger charge is -2.47. The van der Waals surface area contributed by atoms with Gasteiger partial charge in [0.2, 0.25) is 0 Å². The number of alkyl halides is 1. The van der Waals surface area contributed by atoms with E-state index in [2.05, 4.69) is 15.3 Å². The first-order valence-electron chi connectivity index (χ1n) is 18.2. The van der Waals surface area contributed by atoms with E-state index in [1.165, 1.54) is 14.0 Å². The van der Waals surface area contributed by atoms with Crippen molar-refractivity contribution >= 4 is 17.8 Å². The number of cyclic esters (lactones) is 1. The van der Waals surface area contributed by atoms with E-state index >= 15 is 4.39 Å². The Hall–Kier alpha value is -2.59. The summed E-state index contributed by atoms with van der Waals surface area (Å²) in [5.74, 6) is -3.87. The van der Waals surface area contributed by atoms with Crippen LogP contribution in [0.5, 0.6) is 0 Å². The number of hydrogen-bond acceptors (Lipinski definition) is 12. The molecule has 13 atom stereocenters. The smallest absolute Gasteiger partial charge is 0.410 e. The second-order valence-corrected chi connectivity index (χ2v) is 15.5. The summed E-state index contributed by atoms with van der Waals surface area (Å²) in [7, 11) is 5.17. The zero-order valence-corrected chi connectivity index (χ0v) is 32.3. The number of azide groups is 1. The highest BCUT2D eigenvalue weighted by Crippen LogP contribution is 2.41. The Balaban J connectivity index is 2.07. The molecule has 3 heterocycles. The molecule has 1 unspecified atom stereocenters. The summed E-state index contributed by atoms with van der Waals surface area (Å²) in [5, 5.41) is 18.5. The predicted molar refractivity (Wildman–Crippen MR) is 186 cm³/mol. The quantitative estimate of drug-likeness (QED) is 0.0823. The number of nitrogens with zero attached hydrogens (tertiary/aromatic N) is 5. The lowest BCUT2D eigenvalue weighted by Crippen LogP contribution is -2.61. The number of halogens is 1. The molecule has 51 heavy (non-hydrogen) atoms. The minimum atomic E-state index is -3.13. The van der Waals surface area contributed by atoms with E-state index in [0.717, 1.165) is 6.92 Å². The van der Waals surface area contributed by atoms with Gasteiger partial charge in [-0.05, 0) is 98.8 Å². The van der Waals surface area contributed by atoms with Gasteiger partial charge in [0, 0.05) is 43.1 Å². The van der Waals surface area contributed by atoms with Gasteiger partial charge in [0.05, 0.1) is 23.9 Å². The summed E-state index contributed by atoms with van der Waals surface area (Å²) in [6, 6.07) is -1.35. The molecule has 0 bridgehead atoms. The van der Waals surface area contributed by atoms with Crippen molar-refractivity contribution in [1.29, 1.82) is 0 Å². The monoisotopic (exact) mass is 728 g/mol. The number of carbonyl (C=O) groups is 3. The van der Waals surface area contributed by atoms with Crippen molar-refractivity contribution < 1.29 is 47.6 Å². The van der Waals surface area contributed by atoms with Crippen LogP contribution >= 0.6 is 0 Å². The van der Waals surface area contributed by atoms with E-state index in [0.29, 0.717) is 32.2 Å². The number of hydrogen-bond donors (Lipinski definition) is 2. The highest BCUT2D eigenvalue weighted by molar-refractivity contribution is 6.07. The number of amides is 1. The zero-order valence-electron chi connectivity index (χ0n) is 32.3. The van der Waals surface area contributed by atoms with Crippen LogP contribution in [0.3, 0.4) is 0 Å². The van der Waals surface area contributed by atoms with Crippen LogP contribution in [-0.4, -0.2) is 139 Å². The molecule has 3 rings (SSSR count). The molecule has 2 N–H and O–H groups in total. The first kappa shape index (κ1) is 42.8. The maximum absolute atomic E-state index is 16.8. The Morgan fingerprint density at radius 2 is 1.82 bits per heavy atom. The van der Waals surface area contributed by atoms with Crippen LogP contribution < -0.4 is 5.32 Å². The van der Waals surface area contributed by atoms with Gasteiger partial charge in [-0.3, -0.25) is 9.69 Å². The third-order valence-corrected chi connectivity index (χ3v) is 11.0. The van der Waals surface area contributed by atoms with E-state index in [9.17, 15) is 19.5 Å². The number of likely N-dealkylation sites (N-methyl/N-ethyl adjacent to an activating group) is 1. The van der Waals surface area contributed by atoms with Crippen LogP contribution in [0.25, 0.3) is 10.4 Å². The van der Waals surface area contributed by atoms with Gasteiger partial charge in [0.25, 0.3) is 5.67 Å². The number of esters is 1. The number of aliphatic hydroxyl groups excluding tert-OH is 1. The predicted octanol–water partition coefficient (Wildman–Crippen LogP) is 4.15. The lowest BCUT2D eigenvalue weighted by molar-refractivity contribution is -0.295. The molecule has 1 amide bonds. The van der Waals surface area contributed by atoms with Gasteiger partial charge in [-0.1, -0.05) is 25.9 Å². The van der Waals surface area contributed by atoms with Crippen molar-refractivity contribution in [2.75, 3.05) is 40.8 Å². The van der Waals surface area contributed by atoms with E-state index in [-0.39, 0.29) is 37.6 Å². The van der Waals surface area contributed by atoms with Gasteiger partial charge in [-0.15, -0.1) is 0 Å². The molecule has 15 nitrogen and oxygen atoms in total. The van der Waals surface area contributed by atoms with Crippen molar-refractivity contribution in [2.45, 2.75) is 153 Å². The van der Waals surface area contributed by atoms with Crippen molar-refractivity contribution in [1.82, 2.24) is 15.1 Å². The molecule has 292 valence electrons. The average Bonchev–Trinajstić information content (AvgIpc) is 3.33. The number of aliphatic hydroxyl groups is 1. The molecule has 0 radical (unpaired) electrons. The number of Topliss-reactive ketones (excluding diaryl/α,β-unsaturated/α-hetero) is 1. The Morgan fingerprint density at radius 3 is 2.41 bits per heavy atom. The Labute approximate surface area is 301 Å². The molecular formula is C35H61FN6O9. The third kappa shape index (κ3) is 9.32. The van der Waals surface area contributed by atoms with Gasteiger partial charge < -0.3 is 39.0 Å². The molecule has 3 fully saturated rings. The summed E-state index contributed by atoms with van der Waals surface area (Å²) in [4.78, 5) is 47.6. The number of carbonyl (C=O) groups excluding carboxylic acids is 3. The Morgan fingerprint density at radius 1 is 1.16 bits per heavy atom. The first-order valence-corrected chi connectivity index (χ1v) is 18.2. The largest absolute Gasteiger partial charge is 0.455 e. The van der Waals surface area contributed by atoms with E-state index in [1.807, 2.05) is 39.8 Å². The number of nitrogens with one attached hydrogen (secondary N) is 1. The van der Waals surface area contributed by atoms with E-state index in [1.54, 1.807) is 25.7 Å². The SMILES string of the molecule is CC[C@H]1OC(=O)[C@@](C)(F)C(=O)[C@H](C)[C@@H](O[C@@H]2O[C@H](C)CC(N(C)C)[C@H]2O)[C@](C)(OC)C[C@@H](C)CN[C@H](C)[C@H]2N(CCCCN=[N+]=[N-])C(=O)O[C@]12C. The van der Waals surface area contributed by atoms with Crippen molar-refractivity contribution in [3.8, 4) is 0 Å². The lowest BCUT2D eigenvalue weighted by atomic mass is 9.78. The minimum absolute atomic E-state index is 0.111. The molecule has 0 aromatic rings.